The van der Waals surface area contributed by atoms with Gasteiger partial charge >= 0.3 is 0 Å². The molecular formula is C28H24NS+. The number of pyridine rings is 1. The Hall–Kier alpha value is -2.84. The summed E-state index contributed by atoms with van der Waals surface area (Å²) >= 11 is 1.92. The van der Waals surface area contributed by atoms with Crippen LogP contribution in [0.25, 0.3) is 43.6 Å². The van der Waals surface area contributed by atoms with Crippen LogP contribution in [-0.4, -0.2) is 0 Å². The lowest BCUT2D eigenvalue weighted by molar-refractivity contribution is -0.659. The second-order valence-corrected chi connectivity index (χ2v) is 9.86. The number of nitrogens with zero attached hydrogens (tertiary/aromatic N) is 1. The highest BCUT2D eigenvalue weighted by Crippen LogP contribution is 2.50. The van der Waals surface area contributed by atoms with Crippen LogP contribution in [0.2, 0.25) is 0 Å². The Bertz CT molecular complexity index is 1510. The highest BCUT2D eigenvalue weighted by molar-refractivity contribution is 7.99. The molecule has 0 fully saturated rings. The molecule has 146 valence electrons. The number of rotatable bonds is 1. The van der Waals surface area contributed by atoms with Crippen molar-refractivity contribution in [2.24, 2.45) is 7.05 Å². The summed E-state index contributed by atoms with van der Waals surface area (Å²) in [6, 6.07) is 22.8. The first-order valence-corrected chi connectivity index (χ1v) is 11.4. The molecule has 1 aliphatic heterocycles. The Morgan fingerprint density at radius 2 is 1.57 bits per heavy atom. The summed E-state index contributed by atoms with van der Waals surface area (Å²) in [5.74, 6) is 0.528. The first kappa shape index (κ1) is 18.0. The van der Waals surface area contributed by atoms with Crippen molar-refractivity contribution >= 4 is 44.1 Å². The molecule has 5 aromatic rings. The van der Waals surface area contributed by atoms with Crippen molar-refractivity contribution in [3.05, 3.63) is 78.0 Å². The zero-order chi connectivity index (χ0) is 20.6. The monoisotopic (exact) mass is 406 g/mol. The number of aryl methyl sites for hydroxylation is 2. The summed E-state index contributed by atoms with van der Waals surface area (Å²) in [6.07, 6.45) is 2.23. The van der Waals surface area contributed by atoms with Gasteiger partial charge in [0, 0.05) is 21.2 Å². The van der Waals surface area contributed by atoms with E-state index in [1.807, 2.05) is 11.8 Å². The molecule has 0 saturated heterocycles. The third-order valence-corrected chi connectivity index (χ3v) is 7.70. The van der Waals surface area contributed by atoms with E-state index in [0.717, 1.165) is 0 Å². The second-order valence-electron chi connectivity index (χ2n) is 8.77. The van der Waals surface area contributed by atoms with Crippen LogP contribution in [0.15, 0.2) is 76.7 Å². The minimum Gasteiger partial charge on any atom is -0.200 e. The van der Waals surface area contributed by atoms with E-state index in [1.165, 1.54) is 64.5 Å². The maximum Gasteiger partial charge on any atom is 0.222 e. The van der Waals surface area contributed by atoms with E-state index in [4.69, 9.17) is 0 Å². The molecule has 0 atom stereocenters. The molecule has 0 aliphatic carbocycles. The van der Waals surface area contributed by atoms with E-state index >= 15 is 0 Å². The zero-order valence-electron chi connectivity index (χ0n) is 17.8. The first-order chi connectivity index (χ1) is 14.5. The fourth-order valence-corrected chi connectivity index (χ4v) is 6.27. The Balaban J connectivity index is 1.79. The highest BCUT2D eigenvalue weighted by Gasteiger charge is 2.29. The number of fused-ring (bicyclic) bond motifs is 5. The van der Waals surface area contributed by atoms with Gasteiger partial charge in [0.15, 0.2) is 6.20 Å². The molecule has 1 aliphatic rings. The average molecular weight is 407 g/mol. The molecule has 2 heteroatoms. The van der Waals surface area contributed by atoms with Crippen LogP contribution < -0.4 is 4.57 Å². The van der Waals surface area contributed by atoms with Crippen LogP contribution in [0.4, 0.5) is 0 Å². The molecule has 0 saturated carbocycles. The van der Waals surface area contributed by atoms with E-state index in [2.05, 4.69) is 99.2 Å². The van der Waals surface area contributed by atoms with Gasteiger partial charge in [-0.1, -0.05) is 68.1 Å². The van der Waals surface area contributed by atoms with Crippen LogP contribution in [0.1, 0.15) is 30.9 Å². The van der Waals surface area contributed by atoms with Crippen LogP contribution in [0.5, 0.6) is 0 Å². The van der Waals surface area contributed by atoms with Crippen molar-refractivity contribution in [2.75, 3.05) is 0 Å². The van der Waals surface area contributed by atoms with Gasteiger partial charge in [-0.15, -0.1) is 0 Å². The molecule has 2 heterocycles. The van der Waals surface area contributed by atoms with E-state index < -0.39 is 0 Å². The van der Waals surface area contributed by atoms with Crippen molar-refractivity contribution in [3.63, 3.8) is 0 Å². The van der Waals surface area contributed by atoms with Gasteiger partial charge in [0.25, 0.3) is 0 Å². The first-order valence-electron chi connectivity index (χ1n) is 10.6. The predicted molar refractivity (Wildman–Crippen MR) is 129 cm³/mol. The molecule has 30 heavy (non-hydrogen) atoms. The molecule has 0 amide bonds. The fourth-order valence-electron chi connectivity index (χ4n) is 5.00. The molecular weight excluding hydrogens is 382 g/mol. The summed E-state index contributed by atoms with van der Waals surface area (Å²) in [5.41, 5.74) is 5.51. The number of hydrogen-bond acceptors (Lipinski definition) is 1. The Morgan fingerprint density at radius 3 is 2.40 bits per heavy atom. The van der Waals surface area contributed by atoms with E-state index in [0.29, 0.717) is 5.92 Å². The fraction of sp³-hybridized carbons (Fsp3) is 0.179. The molecule has 0 spiro atoms. The minimum atomic E-state index is 0.528. The standard InChI is InChI=1S/C28H24NS/c1-16(2)18-9-10-20-15-25-27-22(23(20)13-18)11-12-29(4)28(27)26-17(3)21-8-6-5-7-19(21)14-24(26)30-25/h5-16H,1-4H3/q+1. The molecule has 0 radical (unpaired) electrons. The maximum absolute atomic E-state index is 2.40. The van der Waals surface area contributed by atoms with Crippen LogP contribution >= 0.6 is 11.8 Å². The van der Waals surface area contributed by atoms with Gasteiger partial charge in [-0.2, -0.15) is 0 Å². The minimum absolute atomic E-state index is 0.528. The molecule has 0 bridgehead atoms. The summed E-state index contributed by atoms with van der Waals surface area (Å²) < 4.78 is 2.31. The van der Waals surface area contributed by atoms with E-state index in [1.54, 1.807) is 0 Å². The van der Waals surface area contributed by atoms with Crippen molar-refractivity contribution in [1.82, 2.24) is 0 Å². The molecule has 4 aromatic carbocycles. The molecule has 0 unspecified atom stereocenters. The Morgan fingerprint density at radius 1 is 0.800 bits per heavy atom. The van der Waals surface area contributed by atoms with Crippen molar-refractivity contribution in [3.8, 4) is 11.3 Å². The Labute approximate surface area is 181 Å². The van der Waals surface area contributed by atoms with Crippen molar-refractivity contribution < 1.29 is 4.57 Å². The lowest BCUT2D eigenvalue weighted by atomic mass is 9.91. The lowest BCUT2D eigenvalue weighted by Crippen LogP contribution is -2.31. The zero-order valence-corrected chi connectivity index (χ0v) is 18.6. The van der Waals surface area contributed by atoms with E-state index in [9.17, 15) is 0 Å². The van der Waals surface area contributed by atoms with Gasteiger partial charge < -0.3 is 0 Å². The molecule has 0 N–H and O–H groups in total. The second kappa shape index (κ2) is 6.33. The quantitative estimate of drug-likeness (QED) is 0.201. The van der Waals surface area contributed by atoms with Gasteiger partial charge in [0.2, 0.25) is 5.69 Å². The summed E-state index contributed by atoms with van der Waals surface area (Å²) in [5, 5.41) is 8.12. The summed E-state index contributed by atoms with van der Waals surface area (Å²) in [6.45, 7) is 6.82. The topological polar surface area (TPSA) is 3.88 Å². The third-order valence-electron chi connectivity index (χ3n) is 6.62. The van der Waals surface area contributed by atoms with Crippen molar-refractivity contribution in [2.45, 2.75) is 36.5 Å². The van der Waals surface area contributed by atoms with Gasteiger partial charge in [0.05, 0.1) is 10.9 Å². The summed E-state index contributed by atoms with van der Waals surface area (Å²) in [4.78, 5) is 2.73. The van der Waals surface area contributed by atoms with Crippen molar-refractivity contribution in [1.29, 1.82) is 0 Å². The van der Waals surface area contributed by atoms with Gasteiger partial charge in [0.1, 0.15) is 7.05 Å². The number of benzene rings is 4. The highest BCUT2D eigenvalue weighted by atomic mass is 32.2. The van der Waals surface area contributed by atoms with Gasteiger partial charge in [-0.3, -0.25) is 0 Å². The predicted octanol–water partition coefficient (Wildman–Crippen LogP) is 7.53. The molecule has 1 aromatic heterocycles. The number of aromatic nitrogens is 1. The third kappa shape index (κ3) is 2.40. The van der Waals surface area contributed by atoms with Crippen LogP contribution in [0, 0.1) is 6.92 Å². The normalized spacial score (nSPS) is 12.8. The average Bonchev–Trinajstić information content (AvgIpc) is 2.74. The van der Waals surface area contributed by atoms with Crippen LogP contribution in [-0.2, 0) is 7.05 Å². The van der Waals surface area contributed by atoms with Gasteiger partial charge in [-0.05, 0) is 57.6 Å². The summed E-state index contributed by atoms with van der Waals surface area (Å²) in [7, 11) is 2.18. The largest absolute Gasteiger partial charge is 0.222 e. The van der Waals surface area contributed by atoms with Gasteiger partial charge in [-0.25, -0.2) is 4.57 Å². The van der Waals surface area contributed by atoms with Crippen LogP contribution in [0.3, 0.4) is 0 Å². The Kier molecular flexibility index (Phi) is 3.79. The van der Waals surface area contributed by atoms with E-state index in [-0.39, 0.29) is 0 Å². The number of hydrogen-bond donors (Lipinski definition) is 0. The molecule has 1 nitrogen and oxygen atoms in total. The maximum atomic E-state index is 2.40. The smallest absolute Gasteiger partial charge is 0.200 e. The lowest BCUT2D eigenvalue weighted by Gasteiger charge is -2.22. The SMILES string of the molecule is Cc1c2c(cc3ccccc13)Sc1cc3ccc(C(C)C)cc3c3cc[n+](C)c-2c13. The molecule has 6 rings (SSSR count).